The molecule has 3 aromatic heterocycles. The summed E-state index contributed by atoms with van der Waals surface area (Å²) in [6.45, 7) is 2.01. The van der Waals surface area contributed by atoms with E-state index in [-0.39, 0.29) is 12.2 Å². The van der Waals surface area contributed by atoms with Crippen molar-refractivity contribution in [3.05, 3.63) is 88.0 Å². The van der Waals surface area contributed by atoms with Gasteiger partial charge in [0.1, 0.15) is 29.5 Å². The summed E-state index contributed by atoms with van der Waals surface area (Å²) in [7, 11) is 2.10. The van der Waals surface area contributed by atoms with Crippen molar-refractivity contribution in [2.45, 2.75) is 19.6 Å². The van der Waals surface area contributed by atoms with Crippen molar-refractivity contribution in [3.8, 4) is 11.4 Å². The van der Waals surface area contributed by atoms with Crippen LogP contribution in [0, 0.1) is 5.82 Å². The lowest BCUT2D eigenvalue weighted by Crippen LogP contribution is -2.25. The molecule has 7 heteroatoms. The van der Waals surface area contributed by atoms with Gasteiger partial charge < -0.3 is 14.1 Å². The standard InChI is InChI=1S/C23H20FN3O3/c1-26-8-7-21-20(13-26)19-5-4-17(10-22(19)30-21)27-9-6-18(11-23(27)28)29-14-16-3-2-15(24)12-25-16/h2-6,9-12H,7-8,13-14H2,1H3. The number of halogens is 1. The highest BCUT2D eigenvalue weighted by molar-refractivity contribution is 5.84. The van der Waals surface area contributed by atoms with E-state index < -0.39 is 5.82 Å². The maximum atomic E-state index is 12.9. The van der Waals surface area contributed by atoms with E-state index in [1.807, 2.05) is 18.2 Å². The number of likely N-dealkylation sites (N-methyl/N-ethyl adjacent to an activating group) is 1. The van der Waals surface area contributed by atoms with Gasteiger partial charge in [-0.05, 0) is 37.4 Å². The van der Waals surface area contributed by atoms with Crippen LogP contribution in [-0.4, -0.2) is 28.0 Å². The van der Waals surface area contributed by atoms with E-state index >= 15 is 0 Å². The number of furan rings is 1. The molecule has 152 valence electrons. The van der Waals surface area contributed by atoms with Gasteiger partial charge in [0.15, 0.2) is 0 Å². The summed E-state index contributed by atoms with van der Waals surface area (Å²) in [5.74, 6) is 1.06. The van der Waals surface area contributed by atoms with E-state index in [4.69, 9.17) is 9.15 Å². The summed E-state index contributed by atoms with van der Waals surface area (Å²) in [5, 5.41) is 1.10. The zero-order valence-electron chi connectivity index (χ0n) is 16.5. The van der Waals surface area contributed by atoms with Crippen LogP contribution in [0.2, 0.25) is 0 Å². The average Bonchev–Trinajstić information content (AvgIpc) is 3.10. The van der Waals surface area contributed by atoms with Crippen LogP contribution in [0.3, 0.4) is 0 Å². The molecule has 1 aliphatic rings. The molecule has 0 atom stereocenters. The van der Waals surface area contributed by atoms with Crippen molar-refractivity contribution in [3.63, 3.8) is 0 Å². The van der Waals surface area contributed by atoms with E-state index in [0.717, 1.165) is 48.1 Å². The number of rotatable bonds is 4. The molecule has 0 N–H and O–H groups in total. The molecule has 1 aromatic carbocycles. The normalized spacial score (nSPS) is 14.1. The molecule has 0 unspecified atom stereocenters. The largest absolute Gasteiger partial charge is 0.487 e. The summed E-state index contributed by atoms with van der Waals surface area (Å²) in [5.41, 5.74) is 3.13. The quantitative estimate of drug-likeness (QED) is 0.518. The Bertz CT molecular complexity index is 1280. The lowest BCUT2D eigenvalue weighted by atomic mass is 10.1. The van der Waals surface area contributed by atoms with Crippen LogP contribution in [0.25, 0.3) is 16.7 Å². The third-order valence-corrected chi connectivity index (χ3v) is 5.35. The van der Waals surface area contributed by atoms with Crippen molar-refractivity contribution in [2.24, 2.45) is 0 Å². The summed E-state index contributed by atoms with van der Waals surface area (Å²) >= 11 is 0. The van der Waals surface area contributed by atoms with Crippen molar-refractivity contribution in [2.75, 3.05) is 13.6 Å². The van der Waals surface area contributed by atoms with Gasteiger partial charge in [-0.2, -0.15) is 0 Å². The molecule has 0 saturated heterocycles. The fourth-order valence-corrected chi connectivity index (χ4v) is 3.77. The minimum absolute atomic E-state index is 0.155. The predicted molar refractivity (Wildman–Crippen MR) is 110 cm³/mol. The SMILES string of the molecule is CN1CCc2oc3cc(-n4ccc(OCc5ccc(F)cn5)cc4=O)ccc3c2C1. The Labute approximate surface area is 172 Å². The lowest BCUT2D eigenvalue weighted by Gasteiger charge is -2.21. The van der Waals surface area contributed by atoms with E-state index in [1.165, 1.54) is 17.7 Å². The number of hydrogen-bond acceptors (Lipinski definition) is 5. The molecule has 6 nitrogen and oxygen atoms in total. The molecule has 5 rings (SSSR count). The maximum absolute atomic E-state index is 12.9. The molecular weight excluding hydrogens is 385 g/mol. The summed E-state index contributed by atoms with van der Waals surface area (Å²) in [6.07, 6.45) is 3.70. The van der Waals surface area contributed by atoms with Gasteiger partial charge in [-0.3, -0.25) is 14.3 Å². The molecule has 1 aliphatic heterocycles. The van der Waals surface area contributed by atoms with Crippen molar-refractivity contribution in [1.29, 1.82) is 0 Å². The topological polar surface area (TPSA) is 60.5 Å². The fourth-order valence-electron chi connectivity index (χ4n) is 3.77. The van der Waals surface area contributed by atoms with Crippen LogP contribution in [0.1, 0.15) is 17.0 Å². The Morgan fingerprint density at radius 3 is 2.90 bits per heavy atom. The first-order chi connectivity index (χ1) is 14.6. The highest BCUT2D eigenvalue weighted by atomic mass is 19.1. The second-order valence-corrected chi connectivity index (χ2v) is 7.50. The highest BCUT2D eigenvalue weighted by Crippen LogP contribution is 2.31. The molecule has 0 radical (unpaired) electrons. The third-order valence-electron chi connectivity index (χ3n) is 5.35. The molecule has 4 aromatic rings. The monoisotopic (exact) mass is 405 g/mol. The number of aromatic nitrogens is 2. The van der Waals surface area contributed by atoms with Crippen LogP contribution in [0.5, 0.6) is 5.75 Å². The number of nitrogens with zero attached hydrogens (tertiary/aromatic N) is 3. The van der Waals surface area contributed by atoms with Crippen LogP contribution in [-0.2, 0) is 19.6 Å². The minimum atomic E-state index is -0.400. The maximum Gasteiger partial charge on any atom is 0.258 e. The molecule has 30 heavy (non-hydrogen) atoms. The number of benzene rings is 1. The first-order valence-corrected chi connectivity index (χ1v) is 9.76. The van der Waals surface area contributed by atoms with E-state index in [2.05, 4.69) is 16.9 Å². The number of fused-ring (bicyclic) bond motifs is 3. The van der Waals surface area contributed by atoms with Crippen molar-refractivity contribution >= 4 is 11.0 Å². The summed E-state index contributed by atoms with van der Waals surface area (Å²) in [6, 6.07) is 11.9. The van der Waals surface area contributed by atoms with Crippen molar-refractivity contribution < 1.29 is 13.5 Å². The van der Waals surface area contributed by atoms with Gasteiger partial charge in [0.05, 0.1) is 17.6 Å². The van der Waals surface area contributed by atoms with Gasteiger partial charge in [-0.25, -0.2) is 4.39 Å². The fraction of sp³-hybridized carbons (Fsp3) is 0.217. The van der Waals surface area contributed by atoms with Crippen LogP contribution in [0.4, 0.5) is 4.39 Å². The molecule has 0 aliphatic carbocycles. The summed E-state index contributed by atoms with van der Waals surface area (Å²) in [4.78, 5) is 18.9. The third kappa shape index (κ3) is 3.48. The van der Waals surface area contributed by atoms with E-state index in [0.29, 0.717) is 11.4 Å². The van der Waals surface area contributed by atoms with Gasteiger partial charge in [0.25, 0.3) is 5.56 Å². The zero-order valence-corrected chi connectivity index (χ0v) is 16.5. The van der Waals surface area contributed by atoms with Gasteiger partial charge in [0.2, 0.25) is 0 Å². The first kappa shape index (κ1) is 18.6. The Morgan fingerprint density at radius 2 is 2.10 bits per heavy atom. The van der Waals surface area contributed by atoms with Gasteiger partial charge >= 0.3 is 0 Å². The Hall–Kier alpha value is -3.45. The molecule has 0 spiro atoms. The second kappa shape index (κ2) is 7.42. The molecule has 0 amide bonds. The van der Waals surface area contributed by atoms with Crippen molar-refractivity contribution in [1.82, 2.24) is 14.5 Å². The Kier molecular flexibility index (Phi) is 4.59. The molecule has 4 heterocycles. The number of pyridine rings is 2. The second-order valence-electron chi connectivity index (χ2n) is 7.50. The van der Waals surface area contributed by atoms with E-state index in [9.17, 15) is 9.18 Å². The van der Waals surface area contributed by atoms with Crippen LogP contribution in [0.15, 0.2) is 64.1 Å². The van der Waals surface area contributed by atoms with Gasteiger partial charge in [-0.15, -0.1) is 0 Å². The first-order valence-electron chi connectivity index (χ1n) is 9.76. The van der Waals surface area contributed by atoms with Gasteiger partial charge in [0, 0.05) is 48.8 Å². The molecular formula is C23H20FN3O3. The predicted octanol–water partition coefficient (Wildman–Crippen LogP) is 3.68. The van der Waals surface area contributed by atoms with Crippen LogP contribution >= 0.6 is 0 Å². The smallest absolute Gasteiger partial charge is 0.258 e. The molecule has 0 bridgehead atoms. The molecule has 0 fully saturated rings. The van der Waals surface area contributed by atoms with Gasteiger partial charge in [-0.1, -0.05) is 0 Å². The Morgan fingerprint density at radius 1 is 1.20 bits per heavy atom. The zero-order chi connectivity index (χ0) is 20.7. The van der Waals surface area contributed by atoms with E-state index in [1.54, 1.807) is 22.9 Å². The Balaban J connectivity index is 1.39. The highest BCUT2D eigenvalue weighted by Gasteiger charge is 2.20. The summed E-state index contributed by atoms with van der Waals surface area (Å²) < 4.78 is 26.2. The molecule has 0 saturated carbocycles. The number of ether oxygens (including phenoxy) is 1. The lowest BCUT2D eigenvalue weighted by molar-refractivity contribution is 0.296. The average molecular weight is 405 g/mol. The number of hydrogen-bond donors (Lipinski definition) is 0. The van der Waals surface area contributed by atoms with Crippen LogP contribution < -0.4 is 10.3 Å². The minimum Gasteiger partial charge on any atom is -0.487 e.